The summed E-state index contributed by atoms with van der Waals surface area (Å²) in [6.07, 6.45) is 1.70. The SMILES string of the molecule is Cc1nnsc1-c1onc(C)c1C(=O)N1CCC(c2nc(-c3ccc(Cl)c(Cl)c3)cs2)CC1. The van der Waals surface area contributed by atoms with Crippen LogP contribution < -0.4 is 0 Å². The minimum Gasteiger partial charge on any atom is -0.354 e. The number of benzene rings is 1. The molecule has 0 bridgehead atoms. The van der Waals surface area contributed by atoms with Crippen LogP contribution in [0.5, 0.6) is 0 Å². The molecule has 1 aromatic carbocycles. The summed E-state index contributed by atoms with van der Waals surface area (Å²) in [5.41, 5.74) is 3.65. The van der Waals surface area contributed by atoms with Crippen LogP contribution in [-0.4, -0.2) is 43.6 Å². The molecule has 5 rings (SSSR count). The topological polar surface area (TPSA) is 85.0 Å². The van der Waals surface area contributed by atoms with Crippen LogP contribution in [0.2, 0.25) is 10.0 Å². The molecule has 1 saturated heterocycles. The van der Waals surface area contributed by atoms with Gasteiger partial charge in [-0.1, -0.05) is 38.9 Å². The number of amides is 1. The molecule has 33 heavy (non-hydrogen) atoms. The molecule has 1 amide bonds. The Morgan fingerprint density at radius 1 is 1.15 bits per heavy atom. The molecule has 11 heteroatoms. The van der Waals surface area contributed by atoms with Gasteiger partial charge in [0.2, 0.25) is 0 Å². The standard InChI is InChI=1S/C22H19Cl2N5O2S2/c1-11-18(19(31-27-11)20-12(2)26-28-33-20)22(30)29-7-5-13(6-8-29)21-25-17(10-32-21)14-3-4-15(23)16(24)9-14/h3-4,9-10,13H,5-8H2,1-2H3. The molecule has 170 valence electrons. The molecule has 1 aliphatic rings. The van der Waals surface area contributed by atoms with Crippen molar-refractivity contribution in [3.05, 3.63) is 55.6 Å². The Hall–Kier alpha value is -2.33. The molecule has 0 radical (unpaired) electrons. The lowest BCUT2D eigenvalue weighted by Gasteiger charge is -2.31. The Bertz CT molecular complexity index is 1320. The van der Waals surface area contributed by atoms with Crippen LogP contribution in [0.15, 0.2) is 28.1 Å². The summed E-state index contributed by atoms with van der Waals surface area (Å²) in [6, 6.07) is 5.55. The molecule has 1 fully saturated rings. The van der Waals surface area contributed by atoms with Crippen LogP contribution in [0.25, 0.3) is 21.9 Å². The van der Waals surface area contributed by atoms with Gasteiger partial charge in [-0.25, -0.2) is 4.98 Å². The second-order valence-corrected chi connectivity index (χ2v) is 10.4. The maximum absolute atomic E-state index is 13.4. The number of nitrogens with zero attached hydrogens (tertiary/aromatic N) is 5. The molecule has 0 saturated carbocycles. The van der Waals surface area contributed by atoms with Crippen LogP contribution >= 0.6 is 46.1 Å². The second kappa shape index (κ2) is 9.13. The number of aromatic nitrogens is 4. The Kier molecular flexibility index (Phi) is 6.22. The van der Waals surface area contributed by atoms with E-state index in [2.05, 4.69) is 14.7 Å². The van der Waals surface area contributed by atoms with E-state index in [-0.39, 0.29) is 5.91 Å². The largest absolute Gasteiger partial charge is 0.354 e. The number of hydrogen-bond donors (Lipinski definition) is 0. The van der Waals surface area contributed by atoms with Crippen LogP contribution in [0, 0.1) is 13.8 Å². The van der Waals surface area contributed by atoms with Gasteiger partial charge >= 0.3 is 0 Å². The predicted molar refractivity (Wildman–Crippen MR) is 130 cm³/mol. The van der Waals surface area contributed by atoms with Crippen LogP contribution in [0.3, 0.4) is 0 Å². The number of halogens is 2. The molecule has 7 nitrogen and oxygen atoms in total. The lowest BCUT2D eigenvalue weighted by molar-refractivity contribution is 0.0712. The normalized spacial score (nSPS) is 14.7. The van der Waals surface area contributed by atoms with Gasteiger partial charge < -0.3 is 9.42 Å². The number of likely N-dealkylation sites (tertiary alicyclic amines) is 1. The van der Waals surface area contributed by atoms with Crippen molar-refractivity contribution in [2.75, 3.05) is 13.1 Å². The second-order valence-electron chi connectivity index (χ2n) is 7.93. The van der Waals surface area contributed by atoms with Gasteiger partial charge in [0.15, 0.2) is 5.76 Å². The highest BCUT2D eigenvalue weighted by Crippen LogP contribution is 2.36. The highest BCUT2D eigenvalue weighted by molar-refractivity contribution is 7.10. The minimum absolute atomic E-state index is 0.0642. The van der Waals surface area contributed by atoms with Gasteiger partial charge in [0.1, 0.15) is 10.4 Å². The fraction of sp³-hybridized carbons (Fsp3) is 0.318. The summed E-state index contributed by atoms with van der Waals surface area (Å²) in [4.78, 5) is 20.8. The fourth-order valence-corrected chi connectivity index (χ4v) is 5.91. The summed E-state index contributed by atoms with van der Waals surface area (Å²) in [5, 5.41) is 12.2. The fourth-order valence-electron chi connectivity index (χ4n) is 3.97. The summed E-state index contributed by atoms with van der Waals surface area (Å²) in [6.45, 7) is 4.93. The first-order chi connectivity index (χ1) is 15.9. The quantitative estimate of drug-likeness (QED) is 0.316. The van der Waals surface area contributed by atoms with E-state index in [0.717, 1.165) is 39.7 Å². The number of thiazole rings is 1. The van der Waals surface area contributed by atoms with E-state index in [1.54, 1.807) is 24.3 Å². The number of carbonyl (C=O) groups excluding carboxylic acids is 1. The Labute approximate surface area is 208 Å². The van der Waals surface area contributed by atoms with Gasteiger partial charge in [0.05, 0.1) is 32.1 Å². The third kappa shape index (κ3) is 4.30. The number of piperidine rings is 1. The summed E-state index contributed by atoms with van der Waals surface area (Å²) >= 11 is 15.0. The van der Waals surface area contributed by atoms with Crippen LogP contribution in [-0.2, 0) is 0 Å². The zero-order valence-electron chi connectivity index (χ0n) is 17.8. The molecule has 3 aromatic heterocycles. The molecule has 4 aromatic rings. The number of rotatable bonds is 4. The number of aryl methyl sites for hydroxylation is 2. The minimum atomic E-state index is -0.0642. The molecule has 0 N–H and O–H groups in total. The summed E-state index contributed by atoms with van der Waals surface area (Å²) in [7, 11) is 0. The Morgan fingerprint density at radius 3 is 2.64 bits per heavy atom. The van der Waals surface area contributed by atoms with Crippen molar-refractivity contribution in [2.24, 2.45) is 0 Å². The summed E-state index contributed by atoms with van der Waals surface area (Å²) < 4.78 is 9.45. The lowest BCUT2D eigenvalue weighted by Crippen LogP contribution is -2.38. The Balaban J connectivity index is 1.29. The lowest BCUT2D eigenvalue weighted by atomic mass is 9.96. The van der Waals surface area contributed by atoms with Crippen molar-refractivity contribution < 1.29 is 9.32 Å². The maximum atomic E-state index is 13.4. The van der Waals surface area contributed by atoms with Crippen molar-refractivity contribution in [1.29, 1.82) is 0 Å². The molecule has 0 aliphatic carbocycles. The zero-order valence-corrected chi connectivity index (χ0v) is 21.0. The van der Waals surface area contributed by atoms with Crippen molar-refractivity contribution in [2.45, 2.75) is 32.6 Å². The van der Waals surface area contributed by atoms with Gasteiger partial charge in [-0.05, 0) is 50.4 Å². The third-order valence-corrected chi connectivity index (χ3v) is 8.38. The van der Waals surface area contributed by atoms with Crippen LogP contribution in [0.4, 0.5) is 0 Å². The molecular formula is C22H19Cl2N5O2S2. The van der Waals surface area contributed by atoms with E-state index < -0.39 is 0 Å². The van der Waals surface area contributed by atoms with Gasteiger partial charge in [-0.3, -0.25) is 4.79 Å². The van der Waals surface area contributed by atoms with Gasteiger partial charge in [-0.2, -0.15) is 0 Å². The molecule has 0 atom stereocenters. The maximum Gasteiger partial charge on any atom is 0.259 e. The molecule has 4 heterocycles. The molecule has 0 spiro atoms. The van der Waals surface area contributed by atoms with E-state index in [9.17, 15) is 4.79 Å². The van der Waals surface area contributed by atoms with E-state index in [1.165, 1.54) is 11.5 Å². The van der Waals surface area contributed by atoms with E-state index in [1.807, 2.05) is 29.3 Å². The molecule has 0 unspecified atom stereocenters. The van der Waals surface area contributed by atoms with Crippen molar-refractivity contribution in [3.8, 4) is 21.9 Å². The average molecular weight is 520 g/mol. The number of hydrogen-bond acceptors (Lipinski definition) is 8. The summed E-state index contributed by atoms with van der Waals surface area (Å²) in [5.74, 6) is 0.704. The monoisotopic (exact) mass is 519 g/mol. The number of carbonyl (C=O) groups is 1. The smallest absolute Gasteiger partial charge is 0.259 e. The highest BCUT2D eigenvalue weighted by atomic mass is 35.5. The van der Waals surface area contributed by atoms with Gasteiger partial charge in [0.25, 0.3) is 5.91 Å². The van der Waals surface area contributed by atoms with E-state index >= 15 is 0 Å². The van der Waals surface area contributed by atoms with Crippen LogP contribution in [0.1, 0.15) is 45.5 Å². The van der Waals surface area contributed by atoms with Crippen molar-refractivity contribution >= 4 is 52.0 Å². The third-order valence-electron chi connectivity index (χ3n) is 5.80. The highest BCUT2D eigenvalue weighted by Gasteiger charge is 2.31. The van der Waals surface area contributed by atoms with Crippen molar-refractivity contribution in [1.82, 2.24) is 24.6 Å². The van der Waals surface area contributed by atoms with Crippen molar-refractivity contribution in [3.63, 3.8) is 0 Å². The van der Waals surface area contributed by atoms with E-state index in [4.69, 9.17) is 32.7 Å². The Morgan fingerprint density at radius 2 is 1.94 bits per heavy atom. The van der Waals surface area contributed by atoms with Gasteiger partial charge in [0, 0.05) is 30.0 Å². The first kappa shape index (κ1) is 22.5. The molecular weight excluding hydrogens is 501 g/mol. The zero-order chi connectivity index (χ0) is 23.1. The average Bonchev–Trinajstić information content (AvgIpc) is 3.55. The predicted octanol–water partition coefficient (Wildman–Crippen LogP) is 6.26. The van der Waals surface area contributed by atoms with E-state index in [0.29, 0.717) is 46.1 Å². The molecule has 1 aliphatic heterocycles. The van der Waals surface area contributed by atoms with Gasteiger partial charge in [-0.15, -0.1) is 16.4 Å². The first-order valence-corrected chi connectivity index (χ1v) is 12.8. The first-order valence-electron chi connectivity index (χ1n) is 10.4.